The molecule has 0 bridgehead atoms. The van der Waals surface area contributed by atoms with Crippen molar-refractivity contribution in [2.24, 2.45) is 0 Å². The molecule has 0 aromatic heterocycles. The van der Waals surface area contributed by atoms with Crippen LogP contribution in [0.1, 0.15) is 26.3 Å². The van der Waals surface area contributed by atoms with Gasteiger partial charge in [-0.25, -0.2) is 0 Å². The first-order valence-electron chi connectivity index (χ1n) is 10.5. The summed E-state index contributed by atoms with van der Waals surface area (Å²) in [6, 6.07) is 16.1. The third-order valence-electron chi connectivity index (χ3n) is 5.50. The lowest BCUT2D eigenvalue weighted by Gasteiger charge is -2.16. The fourth-order valence-corrected chi connectivity index (χ4v) is 3.94. The van der Waals surface area contributed by atoms with Crippen molar-refractivity contribution in [1.29, 1.82) is 0 Å². The fourth-order valence-electron chi connectivity index (χ4n) is 3.94. The van der Waals surface area contributed by atoms with Crippen LogP contribution in [0.25, 0.3) is 11.1 Å². The van der Waals surface area contributed by atoms with Gasteiger partial charge in [-0.1, -0.05) is 18.2 Å². The first-order valence-corrected chi connectivity index (χ1v) is 10.5. The van der Waals surface area contributed by atoms with Crippen LogP contribution in [0.4, 0.5) is 11.4 Å². The molecule has 0 saturated carbocycles. The van der Waals surface area contributed by atoms with Crippen molar-refractivity contribution in [2.75, 3.05) is 38.0 Å². The van der Waals surface area contributed by atoms with E-state index in [2.05, 4.69) is 16.0 Å². The Kier molecular flexibility index (Phi) is 6.46. The lowest BCUT2D eigenvalue weighted by Crippen LogP contribution is -2.17. The van der Waals surface area contributed by atoms with Crippen LogP contribution >= 0.6 is 0 Å². The number of nitrogens with one attached hydrogen (secondary N) is 3. The number of ether oxygens (including phenoxy) is 2. The summed E-state index contributed by atoms with van der Waals surface area (Å²) in [6.45, 7) is 0.795. The summed E-state index contributed by atoms with van der Waals surface area (Å²) in [4.78, 5) is 25.5. The average molecular weight is 447 g/mol. The second-order valence-corrected chi connectivity index (χ2v) is 7.42. The quantitative estimate of drug-likeness (QED) is 0.422. The molecule has 3 aromatic rings. The molecule has 4 rings (SSSR count). The highest BCUT2D eigenvalue weighted by Gasteiger charge is 2.28. The number of benzene rings is 3. The Balaban J connectivity index is 1.66. The summed E-state index contributed by atoms with van der Waals surface area (Å²) >= 11 is 0. The van der Waals surface area contributed by atoms with Gasteiger partial charge in [0.25, 0.3) is 11.8 Å². The Bertz CT molecular complexity index is 1190. The van der Waals surface area contributed by atoms with Crippen LogP contribution in [0, 0.1) is 0 Å². The average Bonchev–Trinajstić information content (AvgIpc) is 3.24. The summed E-state index contributed by atoms with van der Waals surface area (Å²) in [7, 11) is 3.15. The van der Waals surface area contributed by atoms with Gasteiger partial charge in [-0.3, -0.25) is 9.59 Å². The number of hydrogen-bond donors (Lipinski definition) is 4. The summed E-state index contributed by atoms with van der Waals surface area (Å²) in [5.74, 6) is 0.605. The maximum atomic E-state index is 12.8. The highest BCUT2D eigenvalue weighted by atomic mass is 16.5. The van der Waals surface area contributed by atoms with Crippen molar-refractivity contribution in [1.82, 2.24) is 5.32 Å². The number of aliphatic hydroxyl groups is 1. The highest BCUT2D eigenvalue weighted by Crippen LogP contribution is 2.42. The summed E-state index contributed by atoms with van der Waals surface area (Å²) < 4.78 is 11.0. The van der Waals surface area contributed by atoms with Crippen LogP contribution in [0.3, 0.4) is 0 Å². The van der Waals surface area contributed by atoms with Crippen LogP contribution in [0.2, 0.25) is 0 Å². The van der Waals surface area contributed by atoms with E-state index in [4.69, 9.17) is 14.6 Å². The Morgan fingerprint density at radius 3 is 2.52 bits per heavy atom. The molecule has 1 aliphatic rings. The standard InChI is InChI=1S/C25H25N3O5/c1-32-21-5-3-4-18(23(21)33-2)17-10-11-20(22-19(17)14-27-25(22)31)28-24(30)15-6-8-16(9-7-15)26-12-13-29/h3-11,26,29H,12-14H2,1-2H3,(H,27,31)(H,28,30). The zero-order valence-electron chi connectivity index (χ0n) is 18.4. The molecule has 1 heterocycles. The number of aliphatic hydroxyl groups excluding tert-OH is 1. The minimum Gasteiger partial charge on any atom is -0.493 e. The lowest BCUT2D eigenvalue weighted by molar-refractivity contribution is 0.0966. The van der Waals surface area contributed by atoms with E-state index in [1.807, 2.05) is 24.3 Å². The molecule has 8 nitrogen and oxygen atoms in total. The zero-order valence-corrected chi connectivity index (χ0v) is 18.4. The molecule has 0 unspecified atom stereocenters. The van der Waals surface area contributed by atoms with E-state index in [0.29, 0.717) is 41.4 Å². The van der Waals surface area contributed by atoms with Crippen molar-refractivity contribution < 1.29 is 24.2 Å². The van der Waals surface area contributed by atoms with Gasteiger partial charge in [0.2, 0.25) is 0 Å². The minimum atomic E-state index is -0.322. The Morgan fingerprint density at radius 1 is 1.03 bits per heavy atom. The number of carbonyl (C=O) groups is 2. The minimum absolute atomic E-state index is 0.0209. The van der Waals surface area contributed by atoms with E-state index in [-0.39, 0.29) is 18.4 Å². The van der Waals surface area contributed by atoms with Crippen molar-refractivity contribution in [3.05, 3.63) is 71.3 Å². The van der Waals surface area contributed by atoms with E-state index in [1.54, 1.807) is 44.6 Å². The predicted octanol–water partition coefficient (Wildman–Crippen LogP) is 3.27. The normalized spacial score (nSPS) is 12.0. The number of amides is 2. The molecule has 33 heavy (non-hydrogen) atoms. The maximum absolute atomic E-state index is 12.8. The van der Waals surface area contributed by atoms with Crippen LogP contribution in [0.15, 0.2) is 54.6 Å². The third-order valence-corrected chi connectivity index (χ3v) is 5.50. The molecule has 0 aliphatic carbocycles. The highest BCUT2D eigenvalue weighted by molar-refractivity contribution is 6.11. The molecule has 1 aliphatic heterocycles. The number of fused-ring (bicyclic) bond motifs is 1. The van der Waals surface area contributed by atoms with Crippen molar-refractivity contribution in [3.8, 4) is 22.6 Å². The van der Waals surface area contributed by atoms with Gasteiger partial charge in [-0.15, -0.1) is 0 Å². The van der Waals surface area contributed by atoms with Crippen molar-refractivity contribution in [2.45, 2.75) is 6.54 Å². The number of anilines is 2. The molecule has 4 N–H and O–H groups in total. The van der Waals surface area contributed by atoms with Crippen LogP contribution in [-0.4, -0.2) is 44.3 Å². The summed E-state index contributed by atoms with van der Waals surface area (Å²) in [6.07, 6.45) is 0. The smallest absolute Gasteiger partial charge is 0.255 e. The predicted molar refractivity (Wildman–Crippen MR) is 126 cm³/mol. The molecule has 0 saturated heterocycles. The Hall–Kier alpha value is -4.04. The van der Waals surface area contributed by atoms with E-state index in [9.17, 15) is 9.59 Å². The van der Waals surface area contributed by atoms with Crippen molar-refractivity contribution >= 4 is 23.2 Å². The molecule has 3 aromatic carbocycles. The van der Waals surface area contributed by atoms with E-state index < -0.39 is 0 Å². The summed E-state index contributed by atoms with van der Waals surface area (Å²) in [5.41, 5.74) is 4.55. The fraction of sp³-hybridized carbons (Fsp3) is 0.200. The third kappa shape index (κ3) is 4.33. The van der Waals surface area contributed by atoms with Gasteiger partial charge in [-0.2, -0.15) is 0 Å². The van der Waals surface area contributed by atoms with Gasteiger partial charge in [0, 0.05) is 29.9 Å². The maximum Gasteiger partial charge on any atom is 0.255 e. The lowest BCUT2D eigenvalue weighted by atomic mass is 9.94. The van der Waals surface area contributed by atoms with Gasteiger partial charge >= 0.3 is 0 Å². The molecule has 2 amide bonds. The van der Waals surface area contributed by atoms with E-state index in [0.717, 1.165) is 22.4 Å². The second kappa shape index (κ2) is 9.62. The van der Waals surface area contributed by atoms with Crippen LogP contribution < -0.4 is 25.4 Å². The van der Waals surface area contributed by atoms with Gasteiger partial charge in [-0.05, 0) is 47.5 Å². The summed E-state index contributed by atoms with van der Waals surface area (Å²) in [5, 5.41) is 17.7. The topological polar surface area (TPSA) is 109 Å². The Labute approximate surface area is 191 Å². The van der Waals surface area contributed by atoms with Crippen molar-refractivity contribution in [3.63, 3.8) is 0 Å². The zero-order chi connectivity index (χ0) is 23.4. The molecular weight excluding hydrogens is 422 g/mol. The Morgan fingerprint density at radius 2 is 1.82 bits per heavy atom. The number of rotatable bonds is 8. The van der Waals surface area contributed by atoms with Crippen LogP contribution in [-0.2, 0) is 6.54 Å². The first-order chi connectivity index (χ1) is 16.1. The van der Waals surface area contributed by atoms with Gasteiger partial charge in [0.05, 0.1) is 32.1 Å². The number of hydrogen-bond acceptors (Lipinski definition) is 6. The molecule has 170 valence electrons. The SMILES string of the molecule is COc1cccc(-c2ccc(NC(=O)c3ccc(NCCO)cc3)c3c2CNC3=O)c1OC. The molecule has 0 spiro atoms. The van der Waals surface area contributed by atoms with Gasteiger partial charge < -0.3 is 30.5 Å². The molecule has 8 heteroatoms. The van der Waals surface area contributed by atoms with E-state index in [1.165, 1.54) is 0 Å². The molecule has 0 radical (unpaired) electrons. The second-order valence-electron chi connectivity index (χ2n) is 7.42. The molecular formula is C25H25N3O5. The van der Waals surface area contributed by atoms with Gasteiger partial charge in [0.1, 0.15) is 0 Å². The number of carbonyl (C=O) groups excluding carboxylic acids is 2. The van der Waals surface area contributed by atoms with E-state index >= 15 is 0 Å². The molecule has 0 atom stereocenters. The monoisotopic (exact) mass is 447 g/mol. The van der Waals surface area contributed by atoms with Gasteiger partial charge in [0.15, 0.2) is 11.5 Å². The number of para-hydroxylation sites is 1. The molecule has 0 fully saturated rings. The largest absolute Gasteiger partial charge is 0.493 e. The first kappa shape index (κ1) is 22.2. The number of methoxy groups -OCH3 is 2. The van der Waals surface area contributed by atoms with Crippen LogP contribution in [0.5, 0.6) is 11.5 Å².